The molecule has 0 amide bonds. The number of nitro groups is 1. The highest BCUT2D eigenvalue weighted by Crippen LogP contribution is 2.36. The third-order valence-electron chi connectivity index (χ3n) is 3.36. The number of nitrogens with zero attached hydrogens (tertiary/aromatic N) is 1. The highest BCUT2D eigenvalue weighted by molar-refractivity contribution is 7.89. The zero-order chi connectivity index (χ0) is 18.6. The molecule has 0 aliphatic carbocycles. The molecule has 0 atom stereocenters. The molecule has 2 aromatic carbocycles. The molecule has 0 bridgehead atoms. The van der Waals surface area contributed by atoms with Crippen LogP contribution in [0.2, 0.25) is 10.0 Å². The Hall–Kier alpha value is -1.71. The Labute approximate surface area is 154 Å². The maximum atomic E-state index is 12.6. The molecule has 0 aliphatic rings. The molecule has 134 valence electrons. The lowest BCUT2D eigenvalue weighted by atomic mass is 10.1. The molecule has 7 nitrogen and oxygen atoms in total. The van der Waals surface area contributed by atoms with Gasteiger partial charge in [0.05, 0.1) is 16.6 Å². The van der Waals surface area contributed by atoms with Gasteiger partial charge in [0, 0.05) is 19.7 Å². The van der Waals surface area contributed by atoms with Crippen molar-refractivity contribution >= 4 is 38.9 Å². The summed E-state index contributed by atoms with van der Waals surface area (Å²) in [6.07, 6.45) is 0. The van der Waals surface area contributed by atoms with Crippen LogP contribution in [0.3, 0.4) is 0 Å². The molecule has 1 N–H and O–H groups in total. The van der Waals surface area contributed by atoms with E-state index in [1.54, 1.807) is 24.3 Å². The fraction of sp³-hybridized carbons (Fsp3) is 0.200. The molecule has 25 heavy (non-hydrogen) atoms. The summed E-state index contributed by atoms with van der Waals surface area (Å²) in [6, 6.07) is 9.29. The molecule has 0 unspecified atom stereocenters. The van der Waals surface area contributed by atoms with Gasteiger partial charge < -0.3 is 4.74 Å². The summed E-state index contributed by atoms with van der Waals surface area (Å²) in [4.78, 5) is 9.67. The van der Waals surface area contributed by atoms with Crippen LogP contribution >= 0.6 is 23.2 Å². The Bertz CT molecular complexity index is 903. The van der Waals surface area contributed by atoms with E-state index >= 15 is 0 Å². The van der Waals surface area contributed by atoms with Crippen LogP contribution in [0.4, 0.5) is 5.69 Å². The van der Waals surface area contributed by atoms with Crippen molar-refractivity contribution in [1.29, 1.82) is 0 Å². The number of hydrogen-bond donors (Lipinski definition) is 1. The normalized spacial score (nSPS) is 11.5. The first kappa shape index (κ1) is 19.6. The number of benzene rings is 2. The predicted molar refractivity (Wildman–Crippen MR) is 94.3 cm³/mol. The predicted octanol–water partition coefficient (Wildman–Crippen LogP) is 3.53. The maximum absolute atomic E-state index is 12.6. The van der Waals surface area contributed by atoms with Crippen molar-refractivity contribution in [3.63, 3.8) is 0 Å². The zero-order valence-electron chi connectivity index (χ0n) is 13.0. The van der Waals surface area contributed by atoms with Crippen LogP contribution in [0.15, 0.2) is 41.3 Å². The van der Waals surface area contributed by atoms with Gasteiger partial charge in [-0.3, -0.25) is 10.1 Å². The highest BCUT2D eigenvalue weighted by Gasteiger charge is 2.28. The van der Waals surface area contributed by atoms with E-state index in [4.69, 9.17) is 27.9 Å². The van der Waals surface area contributed by atoms with Gasteiger partial charge in [-0.05, 0) is 17.2 Å². The molecule has 0 radical (unpaired) electrons. The second-order valence-electron chi connectivity index (χ2n) is 4.99. The van der Waals surface area contributed by atoms with E-state index in [2.05, 4.69) is 4.72 Å². The average molecular weight is 405 g/mol. The van der Waals surface area contributed by atoms with Crippen LogP contribution in [-0.4, -0.2) is 20.5 Å². The quantitative estimate of drug-likeness (QED) is 0.561. The maximum Gasteiger partial charge on any atom is 0.289 e. The summed E-state index contributed by atoms with van der Waals surface area (Å²) >= 11 is 11.8. The van der Waals surface area contributed by atoms with Gasteiger partial charge in [-0.2, -0.15) is 0 Å². The number of halogens is 2. The first-order valence-electron chi connectivity index (χ1n) is 6.95. The summed E-state index contributed by atoms with van der Waals surface area (Å²) in [5.74, 6) is 0. The van der Waals surface area contributed by atoms with Gasteiger partial charge >= 0.3 is 0 Å². The molecular formula is C15H14Cl2N2O5S. The van der Waals surface area contributed by atoms with Crippen molar-refractivity contribution in [3.05, 3.63) is 67.7 Å². The van der Waals surface area contributed by atoms with E-state index < -0.39 is 30.6 Å². The summed E-state index contributed by atoms with van der Waals surface area (Å²) in [5, 5.41) is 10.2. The largest absolute Gasteiger partial charge is 0.380 e. The van der Waals surface area contributed by atoms with Gasteiger partial charge in [-0.15, -0.1) is 0 Å². The first-order valence-corrected chi connectivity index (χ1v) is 9.19. The van der Waals surface area contributed by atoms with Gasteiger partial charge in [0.15, 0.2) is 0 Å². The van der Waals surface area contributed by atoms with E-state index in [1.807, 2.05) is 0 Å². The molecule has 0 aromatic heterocycles. The van der Waals surface area contributed by atoms with Gasteiger partial charge in [0.25, 0.3) is 5.69 Å². The average Bonchev–Trinajstić information content (AvgIpc) is 2.54. The highest BCUT2D eigenvalue weighted by atomic mass is 35.5. The van der Waals surface area contributed by atoms with Crippen molar-refractivity contribution in [2.24, 2.45) is 0 Å². The molecule has 0 saturated heterocycles. The van der Waals surface area contributed by atoms with Crippen LogP contribution < -0.4 is 4.72 Å². The van der Waals surface area contributed by atoms with Crippen molar-refractivity contribution < 1.29 is 18.1 Å². The number of sulfonamides is 1. The Kier molecular flexibility index (Phi) is 6.36. The monoisotopic (exact) mass is 404 g/mol. The number of nitrogens with one attached hydrogen (secondary N) is 1. The Morgan fingerprint density at radius 2 is 1.80 bits per heavy atom. The molecule has 0 fully saturated rings. The van der Waals surface area contributed by atoms with Crippen LogP contribution in [-0.2, 0) is 27.9 Å². The SMILES string of the molecule is COCc1ccccc1CNS(=O)(=O)c1c(Cl)ccc([N+](=O)[O-])c1Cl. The van der Waals surface area contributed by atoms with E-state index in [0.29, 0.717) is 12.2 Å². The van der Waals surface area contributed by atoms with Gasteiger partial charge in [-0.25, -0.2) is 13.1 Å². The van der Waals surface area contributed by atoms with Crippen molar-refractivity contribution in [3.8, 4) is 0 Å². The number of rotatable bonds is 7. The second-order valence-corrected chi connectivity index (χ2v) is 7.48. The molecular weight excluding hydrogens is 391 g/mol. The second kappa shape index (κ2) is 8.11. The molecule has 0 heterocycles. The fourth-order valence-electron chi connectivity index (χ4n) is 2.18. The van der Waals surface area contributed by atoms with Gasteiger partial charge in [-0.1, -0.05) is 47.5 Å². The minimum absolute atomic E-state index is 0.0444. The molecule has 0 spiro atoms. The molecule has 0 aliphatic heterocycles. The summed E-state index contributed by atoms with van der Waals surface area (Å²) in [6.45, 7) is 0.271. The smallest absolute Gasteiger partial charge is 0.289 e. The third-order valence-corrected chi connectivity index (χ3v) is 5.77. The summed E-state index contributed by atoms with van der Waals surface area (Å²) in [5.41, 5.74) is 0.973. The minimum Gasteiger partial charge on any atom is -0.380 e. The van der Waals surface area contributed by atoms with E-state index in [-0.39, 0.29) is 11.6 Å². The van der Waals surface area contributed by atoms with E-state index in [0.717, 1.165) is 17.7 Å². The van der Waals surface area contributed by atoms with Crippen LogP contribution in [0.25, 0.3) is 0 Å². The Morgan fingerprint density at radius 3 is 2.40 bits per heavy atom. The first-order chi connectivity index (χ1) is 11.8. The van der Waals surface area contributed by atoms with Crippen molar-refractivity contribution in [2.75, 3.05) is 7.11 Å². The number of hydrogen-bond acceptors (Lipinski definition) is 5. The van der Waals surface area contributed by atoms with Gasteiger partial charge in [0.2, 0.25) is 10.0 Å². The number of methoxy groups -OCH3 is 1. The molecule has 2 rings (SSSR count). The van der Waals surface area contributed by atoms with E-state index in [9.17, 15) is 18.5 Å². The van der Waals surface area contributed by atoms with Crippen LogP contribution in [0.1, 0.15) is 11.1 Å². The third kappa shape index (κ3) is 4.47. The van der Waals surface area contributed by atoms with E-state index in [1.165, 1.54) is 7.11 Å². The lowest BCUT2D eigenvalue weighted by molar-refractivity contribution is -0.384. The minimum atomic E-state index is -4.17. The Morgan fingerprint density at radius 1 is 1.16 bits per heavy atom. The molecule has 2 aromatic rings. The number of nitro benzene ring substituents is 1. The van der Waals surface area contributed by atoms with Crippen LogP contribution in [0, 0.1) is 10.1 Å². The van der Waals surface area contributed by atoms with Crippen LogP contribution in [0.5, 0.6) is 0 Å². The molecule has 0 saturated carbocycles. The zero-order valence-corrected chi connectivity index (χ0v) is 15.4. The van der Waals surface area contributed by atoms with Crippen molar-refractivity contribution in [1.82, 2.24) is 4.72 Å². The lowest BCUT2D eigenvalue weighted by Crippen LogP contribution is -2.24. The molecule has 10 heteroatoms. The Balaban J connectivity index is 2.35. The lowest BCUT2D eigenvalue weighted by Gasteiger charge is -2.12. The summed E-state index contributed by atoms with van der Waals surface area (Å²) < 4.78 is 32.5. The van der Waals surface area contributed by atoms with Gasteiger partial charge in [0.1, 0.15) is 9.92 Å². The summed E-state index contributed by atoms with van der Waals surface area (Å²) in [7, 11) is -2.64. The standard InChI is InChI=1S/C15H14Cl2N2O5S/c1-24-9-11-5-3-2-4-10(11)8-18-25(22,23)15-12(16)6-7-13(14(15)17)19(20)21/h2-7,18H,8-9H2,1H3. The fourth-order valence-corrected chi connectivity index (χ4v) is 4.38. The topological polar surface area (TPSA) is 98.5 Å². The number of ether oxygens (including phenoxy) is 1. The van der Waals surface area contributed by atoms with Crippen molar-refractivity contribution in [2.45, 2.75) is 18.0 Å².